The summed E-state index contributed by atoms with van der Waals surface area (Å²) >= 11 is 0. The molecule has 1 saturated heterocycles. The van der Waals surface area contributed by atoms with E-state index in [0.717, 1.165) is 11.1 Å². The van der Waals surface area contributed by atoms with Gasteiger partial charge in [-0.05, 0) is 43.9 Å². The van der Waals surface area contributed by atoms with Crippen LogP contribution in [0, 0.1) is 13.8 Å². The molecule has 1 amide bonds. The van der Waals surface area contributed by atoms with Crippen molar-refractivity contribution in [1.82, 2.24) is 4.72 Å². The predicted molar refractivity (Wildman–Crippen MR) is 99.4 cm³/mol. The van der Waals surface area contributed by atoms with Crippen LogP contribution in [0.2, 0.25) is 0 Å². The molecule has 26 heavy (non-hydrogen) atoms. The normalized spacial score (nSPS) is 16.8. The van der Waals surface area contributed by atoms with E-state index < -0.39 is 21.3 Å². The van der Waals surface area contributed by atoms with Crippen molar-refractivity contribution in [1.29, 1.82) is 0 Å². The quantitative estimate of drug-likeness (QED) is 0.894. The fraction of sp³-hybridized carbons (Fsp3) is 0.350. The highest BCUT2D eigenvalue weighted by atomic mass is 32.2. The summed E-state index contributed by atoms with van der Waals surface area (Å²) in [5.74, 6) is -0.491. The van der Waals surface area contributed by atoms with E-state index in [0.29, 0.717) is 31.6 Å². The van der Waals surface area contributed by atoms with Crippen LogP contribution in [-0.2, 0) is 25.0 Å². The third-order valence-electron chi connectivity index (χ3n) is 4.96. The van der Waals surface area contributed by atoms with Gasteiger partial charge in [-0.25, -0.2) is 13.1 Å². The molecule has 0 spiro atoms. The van der Waals surface area contributed by atoms with E-state index in [1.54, 1.807) is 25.1 Å². The summed E-state index contributed by atoms with van der Waals surface area (Å²) in [6, 6.07) is 14.3. The third-order valence-corrected chi connectivity index (χ3v) is 6.45. The molecule has 1 heterocycles. The Balaban J connectivity index is 1.98. The Morgan fingerprint density at radius 2 is 1.73 bits per heavy atom. The van der Waals surface area contributed by atoms with Gasteiger partial charge in [0.15, 0.2) is 0 Å². The fourth-order valence-corrected chi connectivity index (χ4v) is 4.74. The van der Waals surface area contributed by atoms with Gasteiger partial charge in [0.2, 0.25) is 5.91 Å². The minimum atomic E-state index is -3.94. The lowest BCUT2D eigenvalue weighted by Gasteiger charge is -2.36. The van der Waals surface area contributed by atoms with Crippen LogP contribution < -0.4 is 4.72 Å². The Hall–Kier alpha value is -2.18. The molecule has 0 unspecified atom stereocenters. The first-order valence-electron chi connectivity index (χ1n) is 8.63. The first-order chi connectivity index (χ1) is 12.3. The molecule has 2 aromatic rings. The molecule has 0 atom stereocenters. The molecule has 1 N–H and O–H groups in total. The van der Waals surface area contributed by atoms with Gasteiger partial charge in [-0.1, -0.05) is 48.0 Å². The highest BCUT2D eigenvalue weighted by Crippen LogP contribution is 2.36. The van der Waals surface area contributed by atoms with Crippen LogP contribution in [0.1, 0.15) is 29.5 Å². The Morgan fingerprint density at radius 1 is 1.04 bits per heavy atom. The molecule has 0 aliphatic carbocycles. The van der Waals surface area contributed by atoms with E-state index in [1.807, 2.05) is 31.2 Å². The Kier molecular flexibility index (Phi) is 5.16. The van der Waals surface area contributed by atoms with Crippen LogP contribution in [0.4, 0.5) is 0 Å². The summed E-state index contributed by atoms with van der Waals surface area (Å²) in [4.78, 5) is 13.3. The van der Waals surface area contributed by atoms with Crippen LogP contribution in [0.3, 0.4) is 0 Å². The third kappa shape index (κ3) is 3.52. The van der Waals surface area contributed by atoms with Crippen LogP contribution in [0.5, 0.6) is 0 Å². The zero-order chi connectivity index (χ0) is 18.8. The van der Waals surface area contributed by atoms with E-state index in [1.165, 1.54) is 6.07 Å². The number of benzene rings is 2. The molecule has 2 aromatic carbocycles. The van der Waals surface area contributed by atoms with Crippen molar-refractivity contribution >= 4 is 15.9 Å². The molecule has 0 saturated carbocycles. The first-order valence-corrected chi connectivity index (χ1v) is 10.1. The number of nitrogens with one attached hydrogen (secondary N) is 1. The zero-order valence-corrected chi connectivity index (χ0v) is 15.8. The second kappa shape index (κ2) is 7.21. The molecule has 5 nitrogen and oxygen atoms in total. The summed E-state index contributed by atoms with van der Waals surface area (Å²) in [5.41, 5.74) is 1.56. The van der Waals surface area contributed by atoms with E-state index in [9.17, 15) is 13.2 Å². The van der Waals surface area contributed by atoms with Crippen molar-refractivity contribution < 1.29 is 17.9 Å². The number of ether oxygens (including phenoxy) is 1. The van der Waals surface area contributed by atoms with Crippen molar-refractivity contribution in [2.75, 3.05) is 13.2 Å². The highest BCUT2D eigenvalue weighted by Gasteiger charge is 2.43. The minimum Gasteiger partial charge on any atom is -0.381 e. The fourth-order valence-electron chi connectivity index (χ4n) is 3.44. The molecular weight excluding hydrogens is 350 g/mol. The second-order valence-electron chi connectivity index (χ2n) is 6.76. The second-order valence-corrected chi connectivity index (χ2v) is 8.41. The van der Waals surface area contributed by atoms with Crippen LogP contribution in [0.25, 0.3) is 0 Å². The lowest BCUT2D eigenvalue weighted by molar-refractivity contribution is -0.128. The highest BCUT2D eigenvalue weighted by molar-refractivity contribution is 7.90. The average molecular weight is 373 g/mol. The van der Waals surface area contributed by atoms with Crippen LogP contribution in [-0.4, -0.2) is 27.5 Å². The standard InChI is InChI=1S/C20H23NO4S/c1-15-6-5-8-17(14-15)20(10-12-25-13-11-20)19(22)21-26(23,24)18-9-4-3-7-16(18)2/h3-9,14H,10-13H2,1-2H3,(H,21,22). The maximum atomic E-state index is 13.2. The van der Waals surface area contributed by atoms with E-state index in [2.05, 4.69) is 4.72 Å². The summed E-state index contributed by atoms with van der Waals surface area (Å²) in [6.07, 6.45) is 0.900. The maximum Gasteiger partial charge on any atom is 0.264 e. The largest absolute Gasteiger partial charge is 0.381 e. The molecule has 0 aromatic heterocycles. The van der Waals surface area contributed by atoms with Gasteiger partial charge in [0.25, 0.3) is 10.0 Å². The Bertz CT molecular complexity index is 915. The van der Waals surface area contributed by atoms with Gasteiger partial charge in [-0.15, -0.1) is 0 Å². The number of carbonyl (C=O) groups excluding carboxylic acids is 1. The molecular formula is C20H23NO4S. The van der Waals surface area contributed by atoms with Gasteiger partial charge in [-0.3, -0.25) is 4.79 Å². The van der Waals surface area contributed by atoms with Crippen molar-refractivity contribution in [3.63, 3.8) is 0 Å². The lowest BCUT2D eigenvalue weighted by Crippen LogP contribution is -2.49. The number of amides is 1. The van der Waals surface area contributed by atoms with Gasteiger partial charge >= 0.3 is 0 Å². The van der Waals surface area contributed by atoms with Gasteiger partial charge in [0.1, 0.15) is 0 Å². The van der Waals surface area contributed by atoms with Gasteiger partial charge < -0.3 is 4.74 Å². The van der Waals surface area contributed by atoms with Gasteiger partial charge in [-0.2, -0.15) is 0 Å². The monoisotopic (exact) mass is 373 g/mol. The van der Waals surface area contributed by atoms with Crippen molar-refractivity contribution in [3.05, 3.63) is 65.2 Å². The van der Waals surface area contributed by atoms with Crippen molar-refractivity contribution in [2.45, 2.75) is 37.0 Å². The Morgan fingerprint density at radius 3 is 2.38 bits per heavy atom. The number of sulfonamides is 1. The van der Waals surface area contributed by atoms with Crippen molar-refractivity contribution in [3.8, 4) is 0 Å². The van der Waals surface area contributed by atoms with Crippen molar-refractivity contribution in [2.24, 2.45) is 0 Å². The summed E-state index contributed by atoms with van der Waals surface area (Å²) < 4.78 is 33.3. The molecule has 1 aliphatic heterocycles. The lowest BCUT2D eigenvalue weighted by atomic mass is 9.73. The minimum absolute atomic E-state index is 0.125. The SMILES string of the molecule is Cc1cccc(C2(C(=O)NS(=O)(=O)c3ccccc3C)CCOCC2)c1. The predicted octanol–water partition coefficient (Wildman–Crippen LogP) is 2.86. The molecule has 0 radical (unpaired) electrons. The summed E-state index contributed by atoms with van der Waals surface area (Å²) in [7, 11) is -3.94. The van der Waals surface area contributed by atoms with E-state index >= 15 is 0 Å². The number of rotatable bonds is 4. The molecule has 3 rings (SSSR count). The van der Waals surface area contributed by atoms with Gasteiger partial charge in [0.05, 0.1) is 10.3 Å². The van der Waals surface area contributed by atoms with E-state index in [4.69, 9.17) is 4.74 Å². The number of aryl methyl sites for hydroxylation is 2. The van der Waals surface area contributed by atoms with Gasteiger partial charge in [0, 0.05) is 13.2 Å². The Labute approximate surface area is 154 Å². The zero-order valence-electron chi connectivity index (χ0n) is 15.0. The molecule has 138 valence electrons. The molecule has 1 aliphatic rings. The van der Waals surface area contributed by atoms with E-state index in [-0.39, 0.29) is 4.90 Å². The molecule has 0 bridgehead atoms. The first kappa shape index (κ1) is 18.6. The number of hydrogen-bond acceptors (Lipinski definition) is 4. The smallest absolute Gasteiger partial charge is 0.264 e. The molecule has 1 fully saturated rings. The van der Waals surface area contributed by atoms with Crippen LogP contribution in [0.15, 0.2) is 53.4 Å². The average Bonchev–Trinajstić information content (AvgIpc) is 2.62. The summed E-state index contributed by atoms with van der Waals surface area (Å²) in [5, 5.41) is 0. The van der Waals surface area contributed by atoms with Crippen LogP contribution >= 0.6 is 0 Å². The number of carbonyl (C=O) groups is 1. The molecule has 6 heteroatoms. The topological polar surface area (TPSA) is 72.5 Å². The number of hydrogen-bond donors (Lipinski definition) is 1. The maximum absolute atomic E-state index is 13.2. The summed E-state index contributed by atoms with van der Waals surface area (Å²) in [6.45, 7) is 4.51.